The second-order valence-electron chi connectivity index (χ2n) is 5.56. The van der Waals surface area contributed by atoms with Gasteiger partial charge in [0.15, 0.2) is 0 Å². The summed E-state index contributed by atoms with van der Waals surface area (Å²) in [5, 5.41) is 10.8. The topological polar surface area (TPSA) is 47.9 Å². The summed E-state index contributed by atoms with van der Waals surface area (Å²) in [6, 6.07) is 0. The zero-order valence-electron chi connectivity index (χ0n) is 11.8. The van der Waals surface area contributed by atoms with E-state index in [-0.39, 0.29) is 18.8 Å². The van der Waals surface area contributed by atoms with Gasteiger partial charge in [-0.3, -0.25) is 0 Å². The molecule has 1 saturated heterocycles. The van der Waals surface area contributed by atoms with Crippen molar-refractivity contribution in [2.24, 2.45) is 5.92 Å². The first-order chi connectivity index (χ1) is 7.80. The lowest BCUT2D eigenvalue weighted by molar-refractivity contribution is -0.288. The minimum atomic E-state index is -1.11. The maximum Gasteiger partial charge on any atom is 0.142 e. The molecule has 0 radical (unpaired) electrons. The summed E-state index contributed by atoms with van der Waals surface area (Å²) in [4.78, 5) is 0. The second kappa shape index (κ2) is 5.22. The van der Waals surface area contributed by atoms with Crippen LogP contribution < -0.4 is 0 Å². The van der Waals surface area contributed by atoms with Gasteiger partial charge in [0.25, 0.3) is 0 Å². The number of aliphatic hydroxyl groups is 1. The Morgan fingerprint density at radius 2 is 2.00 bits per heavy atom. The molecule has 0 spiro atoms. The van der Waals surface area contributed by atoms with Crippen LogP contribution in [0.3, 0.4) is 0 Å². The van der Waals surface area contributed by atoms with Crippen LogP contribution in [0.25, 0.3) is 0 Å². The van der Waals surface area contributed by atoms with Gasteiger partial charge in [-0.05, 0) is 19.8 Å². The Morgan fingerprint density at radius 1 is 1.41 bits per heavy atom. The van der Waals surface area contributed by atoms with Crippen LogP contribution in [0.2, 0.25) is 0 Å². The highest BCUT2D eigenvalue weighted by atomic mass is 16.6. The molecule has 1 heterocycles. The molecular formula is C13H26O4. The molecule has 1 rings (SSSR count). The third-order valence-electron chi connectivity index (χ3n) is 4.12. The fourth-order valence-corrected chi connectivity index (χ4v) is 2.56. The van der Waals surface area contributed by atoms with Gasteiger partial charge in [0.1, 0.15) is 11.2 Å². The van der Waals surface area contributed by atoms with Crippen molar-refractivity contribution in [3.05, 3.63) is 0 Å². The van der Waals surface area contributed by atoms with Gasteiger partial charge >= 0.3 is 0 Å². The van der Waals surface area contributed by atoms with Crippen LogP contribution in [0.5, 0.6) is 0 Å². The molecule has 0 amide bonds. The van der Waals surface area contributed by atoms with Crippen molar-refractivity contribution in [1.82, 2.24) is 0 Å². The summed E-state index contributed by atoms with van der Waals surface area (Å²) in [5.74, 6) is 0.402. The average Bonchev–Trinajstić information content (AvgIpc) is 2.26. The molecule has 0 aromatic rings. The zero-order chi connectivity index (χ0) is 13.3. The first-order valence-electron chi connectivity index (χ1n) is 6.22. The van der Waals surface area contributed by atoms with Crippen LogP contribution in [0.4, 0.5) is 0 Å². The number of hydrogen-bond acceptors (Lipinski definition) is 4. The second-order valence-corrected chi connectivity index (χ2v) is 5.56. The fraction of sp³-hybridized carbons (Fsp3) is 1.00. The van der Waals surface area contributed by atoms with Crippen LogP contribution in [0.15, 0.2) is 0 Å². The van der Waals surface area contributed by atoms with E-state index in [0.717, 1.165) is 0 Å². The van der Waals surface area contributed by atoms with E-state index in [4.69, 9.17) is 14.2 Å². The van der Waals surface area contributed by atoms with Crippen molar-refractivity contribution < 1.29 is 19.3 Å². The summed E-state index contributed by atoms with van der Waals surface area (Å²) < 4.78 is 16.6. The molecule has 17 heavy (non-hydrogen) atoms. The molecule has 4 nitrogen and oxygen atoms in total. The maximum absolute atomic E-state index is 10.8. The summed E-state index contributed by atoms with van der Waals surface area (Å²) in [6.45, 7) is 8.26. The number of methoxy groups -OCH3 is 2. The Bertz CT molecular complexity index is 256. The van der Waals surface area contributed by atoms with Crippen molar-refractivity contribution in [1.29, 1.82) is 0 Å². The van der Waals surface area contributed by atoms with E-state index in [1.54, 1.807) is 14.2 Å². The fourth-order valence-electron chi connectivity index (χ4n) is 2.56. The minimum Gasteiger partial charge on any atom is -0.382 e. The minimum absolute atomic E-state index is 0.104. The number of hydrogen-bond donors (Lipinski definition) is 1. The molecule has 102 valence electrons. The van der Waals surface area contributed by atoms with Gasteiger partial charge in [0.05, 0.1) is 18.8 Å². The quantitative estimate of drug-likeness (QED) is 0.818. The summed E-state index contributed by atoms with van der Waals surface area (Å²) in [7, 11) is 3.21. The van der Waals surface area contributed by atoms with Gasteiger partial charge in [-0.15, -0.1) is 0 Å². The Morgan fingerprint density at radius 3 is 2.41 bits per heavy atom. The SMILES string of the molecule is COCC1(O)C(C)OC(C(C)C)CC1(C)OC. The first kappa shape index (κ1) is 14.9. The van der Waals surface area contributed by atoms with E-state index in [2.05, 4.69) is 13.8 Å². The van der Waals surface area contributed by atoms with Gasteiger partial charge in [-0.2, -0.15) is 0 Å². The number of rotatable bonds is 4. The first-order valence-corrected chi connectivity index (χ1v) is 6.22. The van der Waals surface area contributed by atoms with E-state index in [1.807, 2.05) is 13.8 Å². The van der Waals surface area contributed by atoms with Gasteiger partial charge < -0.3 is 19.3 Å². The normalized spacial score (nSPS) is 43.1. The molecule has 4 atom stereocenters. The van der Waals surface area contributed by atoms with E-state index in [0.29, 0.717) is 12.3 Å². The van der Waals surface area contributed by atoms with Crippen LogP contribution in [-0.2, 0) is 14.2 Å². The Balaban J connectivity index is 2.99. The third-order valence-corrected chi connectivity index (χ3v) is 4.12. The predicted molar refractivity (Wildman–Crippen MR) is 66.0 cm³/mol. The van der Waals surface area contributed by atoms with Crippen molar-refractivity contribution in [2.45, 2.75) is 57.5 Å². The Labute approximate surface area is 104 Å². The molecular weight excluding hydrogens is 220 g/mol. The van der Waals surface area contributed by atoms with Gasteiger partial charge in [0.2, 0.25) is 0 Å². The molecule has 0 bridgehead atoms. The number of ether oxygens (including phenoxy) is 3. The molecule has 1 aliphatic rings. The van der Waals surface area contributed by atoms with Crippen molar-refractivity contribution in [2.75, 3.05) is 20.8 Å². The van der Waals surface area contributed by atoms with Gasteiger partial charge in [0, 0.05) is 20.6 Å². The molecule has 0 aromatic heterocycles. The maximum atomic E-state index is 10.8. The smallest absolute Gasteiger partial charge is 0.142 e. The zero-order valence-corrected chi connectivity index (χ0v) is 11.8. The van der Waals surface area contributed by atoms with Crippen LogP contribution in [0.1, 0.15) is 34.1 Å². The molecule has 1 fully saturated rings. The molecule has 0 saturated carbocycles. The lowest BCUT2D eigenvalue weighted by Crippen LogP contribution is -2.68. The lowest BCUT2D eigenvalue weighted by atomic mass is 9.73. The highest BCUT2D eigenvalue weighted by molar-refractivity contribution is 5.07. The third kappa shape index (κ3) is 2.50. The molecule has 0 aliphatic carbocycles. The van der Waals surface area contributed by atoms with Gasteiger partial charge in [-0.25, -0.2) is 0 Å². The summed E-state index contributed by atoms with van der Waals surface area (Å²) in [5.41, 5.74) is -1.75. The Hall–Kier alpha value is -0.160. The molecule has 4 unspecified atom stereocenters. The van der Waals surface area contributed by atoms with Crippen molar-refractivity contribution >= 4 is 0 Å². The van der Waals surface area contributed by atoms with Gasteiger partial charge in [-0.1, -0.05) is 13.8 Å². The monoisotopic (exact) mass is 246 g/mol. The van der Waals surface area contributed by atoms with Crippen LogP contribution in [0, 0.1) is 5.92 Å². The highest BCUT2D eigenvalue weighted by Crippen LogP contribution is 2.41. The van der Waals surface area contributed by atoms with Crippen molar-refractivity contribution in [3.63, 3.8) is 0 Å². The largest absolute Gasteiger partial charge is 0.382 e. The van der Waals surface area contributed by atoms with E-state index in [1.165, 1.54) is 0 Å². The van der Waals surface area contributed by atoms with E-state index >= 15 is 0 Å². The Kier molecular flexibility index (Phi) is 4.58. The molecule has 1 N–H and O–H groups in total. The summed E-state index contributed by atoms with van der Waals surface area (Å²) >= 11 is 0. The molecule has 1 aliphatic heterocycles. The predicted octanol–water partition coefficient (Wildman–Crippen LogP) is 1.60. The van der Waals surface area contributed by atoms with E-state index < -0.39 is 11.2 Å². The standard InChI is InChI=1S/C13H26O4/c1-9(2)11-7-12(4,16-6)13(14,8-15-5)10(3)17-11/h9-11,14H,7-8H2,1-6H3. The molecule has 0 aromatic carbocycles. The summed E-state index contributed by atoms with van der Waals surface area (Å²) in [6.07, 6.45) is 0.464. The lowest BCUT2D eigenvalue weighted by Gasteiger charge is -2.53. The van der Waals surface area contributed by atoms with Crippen LogP contribution in [-0.4, -0.2) is 49.3 Å². The average molecular weight is 246 g/mol. The highest BCUT2D eigenvalue weighted by Gasteiger charge is 2.57. The van der Waals surface area contributed by atoms with Crippen LogP contribution >= 0.6 is 0 Å². The van der Waals surface area contributed by atoms with Crippen molar-refractivity contribution in [3.8, 4) is 0 Å². The van der Waals surface area contributed by atoms with E-state index in [9.17, 15) is 5.11 Å². The molecule has 4 heteroatoms.